The predicted molar refractivity (Wildman–Crippen MR) is 59.2 cm³/mol. The number of hydrogen-bond acceptors (Lipinski definition) is 3. The number of aromatic amines is 1. The monoisotopic (exact) mass is 251 g/mol. The highest BCUT2D eigenvalue weighted by atomic mass is 19.1. The smallest absolute Gasteiger partial charge is 0.263 e. The number of benzene rings is 1. The molecule has 1 aromatic carbocycles. The maximum Gasteiger partial charge on any atom is 0.263 e. The molecule has 0 aliphatic rings. The Morgan fingerprint density at radius 1 is 1.28 bits per heavy atom. The molecule has 0 saturated carbocycles. The molecule has 1 aromatic heterocycles. The van der Waals surface area contributed by atoms with Gasteiger partial charge in [-0.25, -0.2) is 13.8 Å². The van der Waals surface area contributed by atoms with Crippen LogP contribution in [0.3, 0.4) is 0 Å². The van der Waals surface area contributed by atoms with Crippen molar-refractivity contribution in [3.05, 3.63) is 58.3 Å². The molecule has 0 aliphatic heterocycles. The Morgan fingerprint density at radius 3 is 2.56 bits per heavy atom. The number of aromatic nitrogens is 2. The van der Waals surface area contributed by atoms with Crippen LogP contribution in [0.15, 0.2) is 35.5 Å². The average molecular weight is 251 g/mol. The fourth-order valence-electron chi connectivity index (χ4n) is 1.30. The van der Waals surface area contributed by atoms with E-state index in [0.717, 1.165) is 30.7 Å². The summed E-state index contributed by atoms with van der Waals surface area (Å²) >= 11 is 0. The number of H-pyrrole nitrogens is 1. The zero-order chi connectivity index (χ0) is 13.1. The number of anilines is 1. The molecule has 0 aliphatic carbocycles. The van der Waals surface area contributed by atoms with Crippen LogP contribution in [0.25, 0.3) is 0 Å². The zero-order valence-electron chi connectivity index (χ0n) is 8.91. The lowest BCUT2D eigenvalue weighted by molar-refractivity contribution is 0.102. The van der Waals surface area contributed by atoms with Crippen molar-refractivity contribution >= 4 is 11.6 Å². The van der Waals surface area contributed by atoms with Crippen LogP contribution in [0.2, 0.25) is 0 Å². The molecule has 92 valence electrons. The quantitative estimate of drug-likeness (QED) is 0.844. The Balaban J connectivity index is 2.33. The Kier molecular flexibility index (Phi) is 3.13. The number of carbonyl (C=O) groups excluding carboxylic acids is 1. The predicted octanol–water partition coefficient (Wildman–Crippen LogP) is 1.30. The first-order chi connectivity index (χ1) is 8.59. The molecule has 0 fully saturated rings. The van der Waals surface area contributed by atoms with Crippen LogP contribution in [0.1, 0.15) is 10.4 Å². The molecular weight excluding hydrogens is 244 g/mol. The van der Waals surface area contributed by atoms with Crippen LogP contribution >= 0.6 is 0 Å². The van der Waals surface area contributed by atoms with Gasteiger partial charge in [-0.05, 0) is 12.1 Å². The summed E-state index contributed by atoms with van der Waals surface area (Å²) in [5.41, 5.74) is -1.63. The van der Waals surface area contributed by atoms with Gasteiger partial charge in [-0.15, -0.1) is 0 Å². The Bertz CT molecular complexity index is 634. The summed E-state index contributed by atoms with van der Waals surface area (Å²) in [4.78, 5) is 28.6. The molecule has 7 heteroatoms. The maximum atomic E-state index is 13.3. The second-order valence-corrected chi connectivity index (χ2v) is 3.35. The molecule has 0 saturated heterocycles. The van der Waals surface area contributed by atoms with Gasteiger partial charge >= 0.3 is 0 Å². The van der Waals surface area contributed by atoms with Crippen molar-refractivity contribution in [2.75, 3.05) is 5.32 Å². The summed E-state index contributed by atoms with van der Waals surface area (Å²) < 4.78 is 26.5. The van der Waals surface area contributed by atoms with Crippen molar-refractivity contribution in [1.29, 1.82) is 0 Å². The summed E-state index contributed by atoms with van der Waals surface area (Å²) in [5, 5.41) is 1.99. The van der Waals surface area contributed by atoms with Gasteiger partial charge in [0, 0.05) is 6.20 Å². The van der Waals surface area contributed by atoms with Crippen molar-refractivity contribution in [3.63, 3.8) is 0 Å². The summed E-state index contributed by atoms with van der Waals surface area (Å²) in [6.45, 7) is 0. The van der Waals surface area contributed by atoms with Crippen LogP contribution in [0, 0.1) is 11.6 Å². The third kappa shape index (κ3) is 2.24. The number of para-hydroxylation sites is 1. The molecule has 1 amide bonds. The first-order valence-electron chi connectivity index (χ1n) is 4.87. The number of rotatable bonds is 2. The van der Waals surface area contributed by atoms with Crippen molar-refractivity contribution in [1.82, 2.24) is 9.97 Å². The highest BCUT2D eigenvalue weighted by molar-refractivity contribution is 6.03. The summed E-state index contributed by atoms with van der Waals surface area (Å²) in [6.07, 6.45) is 2.11. The molecule has 0 bridgehead atoms. The minimum Gasteiger partial charge on any atom is -0.317 e. The Morgan fingerprint density at radius 2 is 1.94 bits per heavy atom. The lowest BCUT2D eigenvalue weighted by atomic mass is 10.2. The third-order valence-electron chi connectivity index (χ3n) is 2.16. The summed E-state index contributed by atoms with van der Waals surface area (Å²) in [6, 6.07) is 3.15. The van der Waals surface area contributed by atoms with Crippen LogP contribution in [-0.4, -0.2) is 15.9 Å². The number of carbonyl (C=O) groups is 1. The fraction of sp³-hybridized carbons (Fsp3) is 0. The van der Waals surface area contributed by atoms with E-state index in [1.165, 1.54) is 0 Å². The minimum absolute atomic E-state index is 0.333. The average Bonchev–Trinajstić information content (AvgIpc) is 2.34. The summed E-state index contributed by atoms with van der Waals surface area (Å²) in [5.74, 6) is -2.79. The number of nitrogens with one attached hydrogen (secondary N) is 2. The summed E-state index contributed by atoms with van der Waals surface area (Å²) in [7, 11) is 0. The molecule has 2 N–H and O–H groups in total. The molecule has 18 heavy (non-hydrogen) atoms. The molecule has 0 atom stereocenters. The standard InChI is InChI=1S/C11H7F2N3O2/c12-7-2-1-3-8(13)9(7)16-11(18)6-4-14-5-15-10(6)17/h1-5H,(H,16,18)(H,14,15,17). The van der Waals surface area contributed by atoms with Gasteiger partial charge in [0.2, 0.25) is 0 Å². The van der Waals surface area contributed by atoms with E-state index in [0.29, 0.717) is 0 Å². The topological polar surface area (TPSA) is 74.8 Å². The Labute approximate surface area is 99.5 Å². The zero-order valence-corrected chi connectivity index (χ0v) is 8.91. The van der Waals surface area contributed by atoms with Crippen LogP contribution in [0.4, 0.5) is 14.5 Å². The van der Waals surface area contributed by atoms with E-state index in [1.54, 1.807) is 0 Å². The molecular formula is C11H7F2N3O2. The number of nitrogens with zero attached hydrogens (tertiary/aromatic N) is 1. The molecule has 2 aromatic rings. The molecule has 0 radical (unpaired) electrons. The lowest BCUT2D eigenvalue weighted by Crippen LogP contribution is -2.24. The molecule has 1 heterocycles. The van der Waals surface area contributed by atoms with Gasteiger partial charge < -0.3 is 10.3 Å². The second kappa shape index (κ2) is 4.74. The van der Waals surface area contributed by atoms with Crippen LogP contribution < -0.4 is 10.9 Å². The molecule has 2 rings (SSSR count). The third-order valence-corrected chi connectivity index (χ3v) is 2.16. The van der Waals surface area contributed by atoms with Gasteiger partial charge in [-0.2, -0.15) is 0 Å². The first kappa shape index (κ1) is 11.9. The normalized spacial score (nSPS) is 10.1. The highest BCUT2D eigenvalue weighted by Crippen LogP contribution is 2.18. The van der Waals surface area contributed by atoms with E-state index < -0.39 is 28.8 Å². The van der Waals surface area contributed by atoms with Crippen molar-refractivity contribution in [2.24, 2.45) is 0 Å². The minimum atomic E-state index is -0.937. The van der Waals surface area contributed by atoms with Gasteiger partial charge in [-0.1, -0.05) is 6.07 Å². The number of amides is 1. The van der Waals surface area contributed by atoms with E-state index in [-0.39, 0.29) is 5.56 Å². The highest BCUT2D eigenvalue weighted by Gasteiger charge is 2.15. The largest absolute Gasteiger partial charge is 0.317 e. The van der Waals surface area contributed by atoms with Crippen LogP contribution in [-0.2, 0) is 0 Å². The van der Waals surface area contributed by atoms with Gasteiger partial charge in [0.05, 0.1) is 6.33 Å². The van der Waals surface area contributed by atoms with E-state index in [2.05, 4.69) is 9.97 Å². The maximum absolute atomic E-state index is 13.3. The van der Waals surface area contributed by atoms with E-state index in [9.17, 15) is 18.4 Å². The van der Waals surface area contributed by atoms with Gasteiger partial charge in [-0.3, -0.25) is 9.59 Å². The SMILES string of the molecule is O=C(Nc1c(F)cccc1F)c1cnc[nH]c1=O. The number of hydrogen-bond donors (Lipinski definition) is 2. The molecule has 0 spiro atoms. The van der Waals surface area contributed by atoms with Crippen molar-refractivity contribution in [3.8, 4) is 0 Å². The van der Waals surface area contributed by atoms with Gasteiger partial charge in [0.25, 0.3) is 11.5 Å². The van der Waals surface area contributed by atoms with E-state index in [4.69, 9.17) is 0 Å². The van der Waals surface area contributed by atoms with Crippen LogP contribution in [0.5, 0.6) is 0 Å². The van der Waals surface area contributed by atoms with Crippen molar-refractivity contribution < 1.29 is 13.6 Å². The number of halogens is 2. The molecule has 0 unspecified atom stereocenters. The van der Waals surface area contributed by atoms with Gasteiger partial charge in [0.1, 0.15) is 22.9 Å². The van der Waals surface area contributed by atoms with E-state index in [1.807, 2.05) is 5.32 Å². The van der Waals surface area contributed by atoms with Gasteiger partial charge in [0.15, 0.2) is 0 Å². The second-order valence-electron chi connectivity index (χ2n) is 3.35. The Hall–Kier alpha value is -2.57. The van der Waals surface area contributed by atoms with Crippen molar-refractivity contribution in [2.45, 2.75) is 0 Å². The first-order valence-corrected chi connectivity index (χ1v) is 4.87. The fourth-order valence-corrected chi connectivity index (χ4v) is 1.30. The van der Waals surface area contributed by atoms with E-state index >= 15 is 0 Å². The lowest BCUT2D eigenvalue weighted by Gasteiger charge is -2.06. The molecule has 5 nitrogen and oxygen atoms in total.